The third kappa shape index (κ3) is 7.70. The van der Waals surface area contributed by atoms with Crippen LogP contribution < -0.4 is 9.62 Å². The highest BCUT2D eigenvalue weighted by Gasteiger charge is 2.33. The summed E-state index contributed by atoms with van der Waals surface area (Å²) in [4.78, 5) is 28.6. The molecule has 2 amide bonds. The van der Waals surface area contributed by atoms with E-state index in [4.69, 9.17) is 11.6 Å². The molecule has 38 heavy (non-hydrogen) atoms. The van der Waals surface area contributed by atoms with Gasteiger partial charge in [0.15, 0.2) is 0 Å². The standard InChI is InChI=1S/C28H31ClIN3O4S/c1-4-26(28(35)31-20(2)3)32(18-21-10-12-22(29)13-11-21)27(34)19-33(24-16-14-23(30)15-17-24)38(36,37)25-8-6-5-7-9-25/h5-17,20,26H,4,18-19H2,1-3H3,(H,31,35)/t26-/m0/s1. The van der Waals surface area contributed by atoms with E-state index in [0.29, 0.717) is 17.1 Å². The molecule has 3 aromatic rings. The maximum Gasteiger partial charge on any atom is 0.264 e. The lowest BCUT2D eigenvalue weighted by molar-refractivity contribution is -0.140. The van der Waals surface area contributed by atoms with Crippen LogP contribution >= 0.6 is 34.2 Å². The molecule has 0 aliphatic carbocycles. The number of sulfonamides is 1. The molecule has 0 radical (unpaired) electrons. The number of carbonyl (C=O) groups is 2. The maximum atomic E-state index is 13.9. The Morgan fingerprint density at radius 1 is 0.947 bits per heavy atom. The Morgan fingerprint density at radius 2 is 1.55 bits per heavy atom. The van der Waals surface area contributed by atoms with Crippen molar-refractivity contribution in [1.29, 1.82) is 0 Å². The van der Waals surface area contributed by atoms with Crippen molar-refractivity contribution in [2.24, 2.45) is 0 Å². The third-order valence-electron chi connectivity index (χ3n) is 5.81. The summed E-state index contributed by atoms with van der Waals surface area (Å²) in [6.07, 6.45) is 0.354. The van der Waals surface area contributed by atoms with Gasteiger partial charge in [-0.25, -0.2) is 8.42 Å². The summed E-state index contributed by atoms with van der Waals surface area (Å²) >= 11 is 8.18. The fourth-order valence-corrected chi connectivity index (χ4v) is 5.86. The number of halogens is 2. The van der Waals surface area contributed by atoms with E-state index in [1.165, 1.54) is 17.0 Å². The number of benzene rings is 3. The second kappa shape index (κ2) is 13.4. The molecule has 3 aromatic carbocycles. The fraction of sp³-hybridized carbons (Fsp3) is 0.286. The highest BCUT2D eigenvalue weighted by atomic mass is 127. The quantitative estimate of drug-likeness (QED) is 0.275. The van der Waals surface area contributed by atoms with Gasteiger partial charge >= 0.3 is 0 Å². The molecule has 0 heterocycles. The highest BCUT2D eigenvalue weighted by molar-refractivity contribution is 14.1. The summed E-state index contributed by atoms with van der Waals surface area (Å²) in [5.74, 6) is -0.791. The Balaban J connectivity index is 2.04. The summed E-state index contributed by atoms with van der Waals surface area (Å²) in [6, 6.07) is 21.0. The number of nitrogens with zero attached hydrogens (tertiary/aromatic N) is 2. The zero-order chi connectivity index (χ0) is 27.9. The van der Waals surface area contributed by atoms with E-state index in [9.17, 15) is 18.0 Å². The Bertz CT molecular complexity index is 1330. The van der Waals surface area contributed by atoms with Crippen LogP contribution in [0.2, 0.25) is 5.02 Å². The van der Waals surface area contributed by atoms with Gasteiger partial charge in [0.25, 0.3) is 10.0 Å². The minimum absolute atomic E-state index is 0.0696. The van der Waals surface area contributed by atoms with Gasteiger partial charge in [-0.1, -0.05) is 48.9 Å². The van der Waals surface area contributed by atoms with Crippen LogP contribution in [0.1, 0.15) is 32.8 Å². The Morgan fingerprint density at radius 3 is 2.11 bits per heavy atom. The number of rotatable bonds is 11. The first-order valence-corrected chi connectivity index (χ1v) is 15.1. The molecule has 202 valence electrons. The lowest BCUT2D eigenvalue weighted by Crippen LogP contribution is -2.53. The van der Waals surface area contributed by atoms with Gasteiger partial charge in [0.1, 0.15) is 12.6 Å². The van der Waals surface area contributed by atoms with E-state index in [2.05, 4.69) is 27.9 Å². The lowest BCUT2D eigenvalue weighted by atomic mass is 10.1. The molecule has 10 heteroatoms. The van der Waals surface area contributed by atoms with Gasteiger partial charge in [-0.2, -0.15) is 0 Å². The van der Waals surface area contributed by atoms with Crippen LogP contribution in [-0.2, 0) is 26.2 Å². The van der Waals surface area contributed by atoms with Crippen molar-refractivity contribution in [3.63, 3.8) is 0 Å². The van der Waals surface area contributed by atoms with Crippen LogP contribution in [0.15, 0.2) is 83.8 Å². The lowest BCUT2D eigenvalue weighted by Gasteiger charge is -2.33. The number of hydrogen-bond donors (Lipinski definition) is 1. The van der Waals surface area contributed by atoms with Crippen molar-refractivity contribution in [1.82, 2.24) is 10.2 Å². The van der Waals surface area contributed by atoms with Gasteiger partial charge in [-0.15, -0.1) is 0 Å². The van der Waals surface area contributed by atoms with Crippen LogP contribution in [0.5, 0.6) is 0 Å². The molecule has 1 N–H and O–H groups in total. The van der Waals surface area contributed by atoms with Gasteiger partial charge in [0, 0.05) is 21.2 Å². The predicted molar refractivity (Wildman–Crippen MR) is 159 cm³/mol. The van der Waals surface area contributed by atoms with Crippen LogP contribution in [-0.4, -0.2) is 43.8 Å². The topological polar surface area (TPSA) is 86.8 Å². The SMILES string of the molecule is CC[C@@H](C(=O)NC(C)C)N(Cc1ccc(Cl)cc1)C(=O)CN(c1ccc(I)cc1)S(=O)(=O)c1ccccc1. The van der Waals surface area contributed by atoms with E-state index >= 15 is 0 Å². The highest BCUT2D eigenvalue weighted by Crippen LogP contribution is 2.25. The van der Waals surface area contributed by atoms with Crippen LogP contribution in [0, 0.1) is 3.57 Å². The van der Waals surface area contributed by atoms with E-state index in [1.807, 2.05) is 20.8 Å². The van der Waals surface area contributed by atoms with Crippen molar-refractivity contribution in [3.05, 3.63) is 93.0 Å². The molecule has 0 aromatic heterocycles. The zero-order valence-electron chi connectivity index (χ0n) is 21.5. The van der Waals surface area contributed by atoms with Crippen molar-refractivity contribution in [3.8, 4) is 0 Å². The minimum atomic E-state index is -4.08. The van der Waals surface area contributed by atoms with E-state index in [0.717, 1.165) is 13.4 Å². The Labute approximate surface area is 243 Å². The summed E-state index contributed by atoms with van der Waals surface area (Å²) in [5.41, 5.74) is 1.12. The van der Waals surface area contributed by atoms with Crippen molar-refractivity contribution < 1.29 is 18.0 Å². The first-order valence-electron chi connectivity index (χ1n) is 12.2. The molecular formula is C28H31ClIN3O4S. The van der Waals surface area contributed by atoms with Gasteiger partial charge < -0.3 is 10.2 Å². The number of amides is 2. The summed E-state index contributed by atoms with van der Waals surface area (Å²) in [6.45, 7) is 5.16. The first kappa shape index (κ1) is 29.9. The van der Waals surface area contributed by atoms with Gasteiger partial charge in [0.05, 0.1) is 10.6 Å². The predicted octanol–water partition coefficient (Wildman–Crippen LogP) is 5.47. The molecular weight excluding hydrogens is 637 g/mol. The van der Waals surface area contributed by atoms with Crippen molar-refractivity contribution in [2.45, 2.75) is 50.7 Å². The molecule has 0 aliphatic rings. The minimum Gasteiger partial charge on any atom is -0.352 e. The van der Waals surface area contributed by atoms with Crippen LogP contribution in [0.3, 0.4) is 0 Å². The van der Waals surface area contributed by atoms with E-state index in [1.54, 1.807) is 66.7 Å². The molecule has 0 saturated carbocycles. The summed E-state index contributed by atoms with van der Waals surface area (Å²) in [5, 5.41) is 3.44. The van der Waals surface area contributed by atoms with Gasteiger partial charge in [-0.3, -0.25) is 13.9 Å². The van der Waals surface area contributed by atoms with Crippen LogP contribution in [0.4, 0.5) is 5.69 Å². The Hall–Kier alpha value is -2.63. The van der Waals surface area contributed by atoms with Gasteiger partial charge in [0.2, 0.25) is 11.8 Å². The summed E-state index contributed by atoms with van der Waals surface area (Å²) in [7, 11) is -4.08. The first-order chi connectivity index (χ1) is 18.0. The average Bonchev–Trinajstić information content (AvgIpc) is 2.89. The summed E-state index contributed by atoms with van der Waals surface area (Å²) < 4.78 is 29.5. The number of nitrogens with one attached hydrogen (secondary N) is 1. The molecule has 0 bridgehead atoms. The number of hydrogen-bond acceptors (Lipinski definition) is 4. The molecule has 0 spiro atoms. The Kier molecular flexibility index (Phi) is 10.6. The normalized spacial score (nSPS) is 12.2. The molecule has 3 rings (SSSR count). The van der Waals surface area contributed by atoms with E-state index in [-0.39, 0.29) is 23.4 Å². The molecule has 0 fully saturated rings. The maximum absolute atomic E-state index is 13.9. The van der Waals surface area contributed by atoms with Crippen LogP contribution in [0.25, 0.3) is 0 Å². The molecule has 0 aliphatic heterocycles. The zero-order valence-corrected chi connectivity index (χ0v) is 25.2. The molecule has 0 saturated heterocycles. The molecule has 1 atom stereocenters. The van der Waals surface area contributed by atoms with E-state index < -0.39 is 28.5 Å². The number of anilines is 1. The second-order valence-corrected chi connectivity index (χ2v) is 12.6. The molecule has 0 unspecified atom stereocenters. The fourth-order valence-electron chi connectivity index (χ4n) is 3.94. The number of carbonyl (C=O) groups excluding carboxylic acids is 2. The largest absolute Gasteiger partial charge is 0.352 e. The third-order valence-corrected chi connectivity index (χ3v) is 8.57. The second-order valence-electron chi connectivity index (χ2n) is 9.04. The van der Waals surface area contributed by atoms with Crippen molar-refractivity contribution >= 4 is 61.7 Å². The molecule has 7 nitrogen and oxygen atoms in total. The monoisotopic (exact) mass is 667 g/mol. The van der Waals surface area contributed by atoms with Crippen molar-refractivity contribution in [2.75, 3.05) is 10.8 Å². The smallest absolute Gasteiger partial charge is 0.264 e. The average molecular weight is 668 g/mol. The van der Waals surface area contributed by atoms with Gasteiger partial charge in [-0.05, 0) is 97.0 Å².